The molecule has 14 heavy (non-hydrogen) atoms. The lowest BCUT2D eigenvalue weighted by Crippen LogP contribution is -2.08. The number of methoxy groups -OCH3 is 1. The minimum atomic E-state index is 0.816. The van der Waals surface area contributed by atoms with E-state index in [9.17, 15) is 0 Å². The topological polar surface area (TPSA) is 9.23 Å². The Morgan fingerprint density at radius 1 is 0.857 bits per heavy atom. The van der Waals surface area contributed by atoms with Crippen molar-refractivity contribution >= 4 is 0 Å². The first kappa shape index (κ1) is 14.0. The Balaban J connectivity index is 3.40. The second-order valence-electron chi connectivity index (χ2n) is 4.31. The van der Waals surface area contributed by atoms with Gasteiger partial charge in [-0.25, -0.2) is 0 Å². The largest absolute Gasteiger partial charge is 0.384 e. The highest BCUT2D eigenvalue weighted by Crippen LogP contribution is 2.17. The number of ether oxygens (including phenoxy) is 1. The van der Waals surface area contributed by atoms with Crippen LogP contribution in [0.25, 0.3) is 0 Å². The van der Waals surface area contributed by atoms with Crippen molar-refractivity contribution in [2.45, 2.75) is 65.2 Å². The zero-order chi connectivity index (χ0) is 10.6. The average molecular weight is 200 g/mol. The number of hydrogen-bond acceptors (Lipinski definition) is 1. The fourth-order valence-electron chi connectivity index (χ4n) is 1.90. The summed E-state index contributed by atoms with van der Waals surface area (Å²) < 4.78 is 5.26. The van der Waals surface area contributed by atoms with Gasteiger partial charge in [-0.2, -0.15) is 0 Å². The van der Waals surface area contributed by atoms with Gasteiger partial charge in [-0.15, -0.1) is 0 Å². The van der Waals surface area contributed by atoms with Gasteiger partial charge in [-0.05, 0) is 18.8 Å². The van der Waals surface area contributed by atoms with Crippen LogP contribution in [-0.2, 0) is 4.74 Å². The minimum absolute atomic E-state index is 0.816. The first-order chi connectivity index (χ1) is 6.85. The normalized spacial score (nSPS) is 13.1. The molecule has 0 N–H and O–H groups in total. The molecule has 1 unspecified atom stereocenters. The van der Waals surface area contributed by atoms with E-state index in [-0.39, 0.29) is 0 Å². The minimum Gasteiger partial charge on any atom is -0.384 e. The van der Waals surface area contributed by atoms with Crippen LogP contribution in [0.3, 0.4) is 0 Å². The fourth-order valence-corrected chi connectivity index (χ4v) is 1.90. The van der Waals surface area contributed by atoms with E-state index in [1.807, 2.05) is 7.11 Å². The van der Waals surface area contributed by atoms with Crippen molar-refractivity contribution in [1.82, 2.24) is 0 Å². The van der Waals surface area contributed by atoms with E-state index in [2.05, 4.69) is 13.8 Å². The van der Waals surface area contributed by atoms with Gasteiger partial charge in [-0.3, -0.25) is 0 Å². The predicted octanol–water partition coefficient (Wildman–Crippen LogP) is 4.41. The van der Waals surface area contributed by atoms with E-state index in [1.54, 1.807) is 0 Å². The highest BCUT2D eigenvalue weighted by Gasteiger charge is 2.06. The maximum absolute atomic E-state index is 5.26. The molecule has 0 amide bonds. The number of rotatable bonds is 10. The second-order valence-corrected chi connectivity index (χ2v) is 4.31. The molecule has 0 bridgehead atoms. The van der Waals surface area contributed by atoms with Crippen LogP contribution in [-0.4, -0.2) is 13.7 Å². The molecule has 0 rings (SSSR count). The third kappa shape index (κ3) is 8.55. The standard InChI is InChI=1S/C13H28O/c1-4-6-8-9-11-13(12-14-3)10-7-5-2/h13H,4-12H2,1-3H3. The van der Waals surface area contributed by atoms with E-state index in [4.69, 9.17) is 4.74 Å². The van der Waals surface area contributed by atoms with Crippen LogP contribution >= 0.6 is 0 Å². The van der Waals surface area contributed by atoms with Gasteiger partial charge in [0.05, 0.1) is 0 Å². The summed E-state index contributed by atoms with van der Waals surface area (Å²) in [5.74, 6) is 0.816. The molecule has 0 radical (unpaired) electrons. The Morgan fingerprint density at radius 2 is 1.50 bits per heavy atom. The van der Waals surface area contributed by atoms with Gasteiger partial charge in [0.15, 0.2) is 0 Å². The van der Waals surface area contributed by atoms with Crippen LogP contribution in [0.5, 0.6) is 0 Å². The van der Waals surface area contributed by atoms with Gasteiger partial charge in [-0.1, -0.05) is 52.4 Å². The molecule has 1 heteroatoms. The molecule has 0 saturated carbocycles. The molecule has 0 aromatic carbocycles. The fraction of sp³-hybridized carbons (Fsp3) is 1.00. The van der Waals surface area contributed by atoms with Crippen molar-refractivity contribution in [2.75, 3.05) is 13.7 Å². The molecule has 0 aromatic rings. The molecule has 0 saturated heterocycles. The van der Waals surface area contributed by atoms with Crippen LogP contribution in [0, 0.1) is 5.92 Å². The quantitative estimate of drug-likeness (QED) is 0.475. The van der Waals surface area contributed by atoms with Crippen LogP contribution in [0.1, 0.15) is 65.2 Å². The lowest BCUT2D eigenvalue weighted by Gasteiger charge is -2.15. The molecule has 0 fully saturated rings. The summed E-state index contributed by atoms with van der Waals surface area (Å²) in [6.07, 6.45) is 10.9. The number of hydrogen-bond donors (Lipinski definition) is 0. The molecular weight excluding hydrogens is 172 g/mol. The Bertz CT molecular complexity index is 101. The highest BCUT2D eigenvalue weighted by atomic mass is 16.5. The van der Waals surface area contributed by atoms with E-state index < -0.39 is 0 Å². The predicted molar refractivity (Wildman–Crippen MR) is 63.7 cm³/mol. The molecule has 0 aromatic heterocycles. The first-order valence-electron chi connectivity index (χ1n) is 6.34. The molecule has 86 valence electrons. The zero-order valence-corrected chi connectivity index (χ0v) is 10.3. The summed E-state index contributed by atoms with van der Waals surface area (Å²) >= 11 is 0. The van der Waals surface area contributed by atoms with E-state index in [1.165, 1.54) is 51.4 Å². The monoisotopic (exact) mass is 200 g/mol. The van der Waals surface area contributed by atoms with Gasteiger partial charge in [0.1, 0.15) is 0 Å². The van der Waals surface area contributed by atoms with Gasteiger partial charge in [0.2, 0.25) is 0 Å². The van der Waals surface area contributed by atoms with Crippen molar-refractivity contribution in [1.29, 1.82) is 0 Å². The Hall–Kier alpha value is -0.0400. The summed E-state index contributed by atoms with van der Waals surface area (Å²) in [5.41, 5.74) is 0. The average Bonchev–Trinajstić information content (AvgIpc) is 2.20. The molecular formula is C13H28O. The van der Waals surface area contributed by atoms with Crippen LogP contribution in [0.15, 0.2) is 0 Å². The SMILES string of the molecule is CCCCCCC(CCCC)COC. The molecule has 0 spiro atoms. The summed E-state index contributed by atoms with van der Waals surface area (Å²) in [6.45, 7) is 5.50. The van der Waals surface area contributed by atoms with E-state index in [0.29, 0.717) is 0 Å². The second kappa shape index (κ2) is 11.0. The zero-order valence-electron chi connectivity index (χ0n) is 10.3. The highest BCUT2D eigenvalue weighted by molar-refractivity contribution is 4.58. The third-order valence-electron chi connectivity index (χ3n) is 2.83. The third-order valence-corrected chi connectivity index (χ3v) is 2.83. The summed E-state index contributed by atoms with van der Waals surface area (Å²) in [6, 6.07) is 0. The van der Waals surface area contributed by atoms with Crippen LogP contribution in [0.2, 0.25) is 0 Å². The smallest absolute Gasteiger partial charge is 0.0490 e. The molecule has 1 nitrogen and oxygen atoms in total. The lowest BCUT2D eigenvalue weighted by atomic mass is 9.96. The molecule has 0 aliphatic carbocycles. The molecule has 0 aliphatic rings. The Kier molecular flexibility index (Phi) is 11.0. The van der Waals surface area contributed by atoms with Crippen LogP contribution < -0.4 is 0 Å². The van der Waals surface area contributed by atoms with Gasteiger partial charge >= 0.3 is 0 Å². The Labute approximate surface area is 90.2 Å². The van der Waals surface area contributed by atoms with E-state index in [0.717, 1.165) is 12.5 Å². The summed E-state index contributed by atoms with van der Waals surface area (Å²) in [5, 5.41) is 0. The lowest BCUT2D eigenvalue weighted by molar-refractivity contribution is 0.140. The van der Waals surface area contributed by atoms with Crippen molar-refractivity contribution < 1.29 is 4.74 Å². The first-order valence-corrected chi connectivity index (χ1v) is 6.34. The maximum atomic E-state index is 5.26. The molecule has 0 aliphatic heterocycles. The van der Waals surface area contributed by atoms with E-state index >= 15 is 0 Å². The molecule has 1 atom stereocenters. The van der Waals surface area contributed by atoms with Crippen molar-refractivity contribution in [3.8, 4) is 0 Å². The van der Waals surface area contributed by atoms with Gasteiger partial charge in [0.25, 0.3) is 0 Å². The summed E-state index contributed by atoms with van der Waals surface area (Å²) in [4.78, 5) is 0. The van der Waals surface area contributed by atoms with Crippen molar-refractivity contribution in [3.05, 3.63) is 0 Å². The summed E-state index contributed by atoms with van der Waals surface area (Å²) in [7, 11) is 1.82. The maximum Gasteiger partial charge on any atom is 0.0490 e. The van der Waals surface area contributed by atoms with Crippen molar-refractivity contribution in [2.24, 2.45) is 5.92 Å². The van der Waals surface area contributed by atoms with Gasteiger partial charge < -0.3 is 4.74 Å². The van der Waals surface area contributed by atoms with Crippen molar-refractivity contribution in [3.63, 3.8) is 0 Å². The number of unbranched alkanes of at least 4 members (excludes halogenated alkanes) is 4. The molecule has 0 heterocycles. The Morgan fingerprint density at radius 3 is 2.07 bits per heavy atom. The van der Waals surface area contributed by atoms with Crippen LogP contribution in [0.4, 0.5) is 0 Å². The van der Waals surface area contributed by atoms with Gasteiger partial charge in [0, 0.05) is 13.7 Å².